The maximum Gasteiger partial charge on any atom is 0.419 e. The fourth-order valence-electron chi connectivity index (χ4n) is 3.82. The largest absolute Gasteiger partial charge is 0.419 e. The van der Waals surface area contributed by atoms with Gasteiger partial charge >= 0.3 is 6.18 Å². The van der Waals surface area contributed by atoms with Crippen LogP contribution in [0.5, 0.6) is 0 Å². The standard InChI is InChI=1S/C19H20F3N3O/c20-19(21,22)15-7-4-8-23-18(15)25-12-16-17(13-25)26-10-9-24(16)11-14-5-2-1-3-6-14/h1-8,16-17H,9-13H2. The van der Waals surface area contributed by atoms with Gasteiger partial charge in [-0.1, -0.05) is 30.3 Å². The summed E-state index contributed by atoms with van der Waals surface area (Å²) in [6.45, 7) is 3.05. The molecule has 0 radical (unpaired) electrons. The Morgan fingerprint density at radius 2 is 1.88 bits per heavy atom. The first kappa shape index (κ1) is 17.3. The second-order valence-electron chi connectivity index (χ2n) is 6.71. The van der Waals surface area contributed by atoms with Crippen LogP contribution in [0.1, 0.15) is 11.1 Å². The van der Waals surface area contributed by atoms with E-state index in [2.05, 4.69) is 22.0 Å². The number of ether oxygens (including phenoxy) is 1. The molecule has 2 aliphatic heterocycles. The summed E-state index contributed by atoms with van der Waals surface area (Å²) in [6, 6.07) is 12.6. The highest BCUT2D eigenvalue weighted by atomic mass is 19.4. The second kappa shape index (κ2) is 6.89. The maximum atomic E-state index is 13.3. The van der Waals surface area contributed by atoms with Crippen molar-refractivity contribution in [2.75, 3.05) is 31.1 Å². The molecule has 26 heavy (non-hydrogen) atoms. The number of morpholine rings is 1. The minimum atomic E-state index is -4.41. The summed E-state index contributed by atoms with van der Waals surface area (Å²) in [6.07, 6.45) is -3.10. The van der Waals surface area contributed by atoms with Crippen molar-refractivity contribution < 1.29 is 17.9 Å². The normalized spacial score (nSPS) is 23.9. The topological polar surface area (TPSA) is 28.6 Å². The van der Waals surface area contributed by atoms with Crippen LogP contribution in [0.15, 0.2) is 48.7 Å². The van der Waals surface area contributed by atoms with Crippen LogP contribution in [0.2, 0.25) is 0 Å². The number of fused-ring (bicyclic) bond motifs is 1. The molecule has 2 atom stereocenters. The van der Waals surface area contributed by atoms with Crippen LogP contribution in [-0.4, -0.2) is 48.3 Å². The minimum absolute atomic E-state index is 0.00217. The molecule has 2 saturated heterocycles. The first-order valence-corrected chi connectivity index (χ1v) is 8.69. The van der Waals surface area contributed by atoms with E-state index in [1.165, 1.54) is 17.8 Å². The highest BCUT2D eigenvalue weighted by Crippen LogP contribution is 2.37. The number of halogens is 3. The van der Waals surface area contributed by atoms with E-state index in [4.69, 9.17) is 4.74 Å². The Labute approximate surface area is 150 Å². The first-order valence-electron chi connectivity index (χ1n) is 8.69. The van der Waals surface area contributed by atoms with Gasteiger partial charge in [-0.3, -0.25) is 4.90 Å². The number of pyridine rings is 1. The molecule has 0 bridgehead atoms. The van der Waals surface area contributed by atoms with E-state index < -0.39 is 11.7 Å². The van der Waals surface area contributed by atoms with Crippen molar-refractivity contribution in [2.45, 2.75) is 24.9 Å². The van der Waals surface area contributed by atoms with Gasteiger partial charge in [-0.2, -0.15) is 13.2 Å². The van der Waals surface area contributed by atoms with Crippen molar-refractivity contribution in [1.82, 2.24) is 9.88 Å². The summed E-state index contributed by atoms with van der Waals surface area (Å²) in [5.41, 5.74) is 0.508. The van der Waals surface area contributed by atoms with Gasteiger partial charge in [-0.25, -0.2) is 4.98 Å². The van der Waals surface area contributed by atoms with Crippen molar-refractivity contribution in [3.63, 3.8) is 0 Å². The molecule has 0 saturated carbocycles. The van der Waals surface area contributed by atoms with E-state index in [0.717, 1.165) is 19.2 Å². The van der Waals surface area contributed by atoms with Crippen molar-refractivity contribution in [3.8, 4) is 0 Å². The third-order valence-corrected chi connectivity index (χ3v) is 5.04. The van der Waals surface area contributed by atoms with Crippen LogP contribution in [0.25, 0.3) is 0 Å². The summed E-state index contributed by atoms with van der Waals surface area (Å²) in [7, 11) is 0. The van der Waals surface area contributed by atoms with Crippen molar-refractivity contribution in [3.05, 3.63) is 59.8 Å². The molecule has 4 rings (SSSR count). The Balaban J connectivity index is 1.55. The molecule has 0 N–H and O–H groups in total. The highest BCUT2D eigenvalue weighted by molar-refractivity contribution is 5.50. The Morgan fingerprint density at radius 3 is 2.65 bits per heavy atom. The number of hydrogen-bond acceptors (Lipinski definition) is 4. The predicted molar refractivity (Wildman–Crippen MR) is 91.8 cm³/mol. The number of nitrogens with zero attached hydrogens (tertiary/aromatic N) is 3. The van der Waals surface area contributed by atoms with Gasteiger partial charge in [-0.15, -0.1) is 0 Å². The third kappa shape index (κ3) is 3.41. The SMILES string of the molecule is FC(F)(F)c1cccnc1N1CC2OCCN(Cc3ccccc3)C2C1. The number of hydrogen-bond donors (Lipinski definition) is 0. The van der Waals surface area contributed by atoms with Gasteiger partial charge < -0.3 is 9.64 Å². The van der Waals surface area contributed by atoms with E-state index in [1.54, 1.807) is 4.90 Å². The smallest absolute Gasteiger partial charge is 0.373 e. The summed E-state index contributed by atoms with van der Waals surface area (Å²) in [5.74, 6) is -0.00217. The summed E-state index contributed by atoms with van der Waals surface area (Å²) < 4.78 is 45.8. The Morgan fingerprint density at radius 1 is 1.08 bits per heavy atom. The summed E-state index contributed by atoms with van der Waals surface area (Å²) in [4.78, 5) is 8.04. The molecular weight excluding hydrogens is 343 g/mol. The molecule has 2 aromatic rings. The third-order valence-electron chi connectivity index (χ3n) is 5.04. The zero-order valence-electron chi connectivity index (χ0n) is 14.2. The molecule has 0 aliphatic carbocycles. The summed E-state index contributed by atoms with van der Waals surface area (Å²) in [5, 5.41) is 0. The van der Waals surface area contributed by atoms with Crippen LogP contribution < -0.4 is 4.90 Å². The molecule has 2 aliphatic rings. The fraction of sp³-hybridized carbons (Fsp3) is 0.421. The zero-order valence-corrected chi connectivity index (χ0v) is 14.2. The minimum Gasteiger partial charge on any atom is -0.373 e. The Bertz CT molecular complexity index is 753. The molecule has 2 unspecified atom stereocenters. The molecule has 7 heteroatoms. The molecule has 2 fully saturated rings. The number of alkyl halides is 3. The Hall–Kier alpha value is -2.12. The Kier molecular flexibility index (Phi) is 4.58. The first-order chi connectivity index (χ1) is 12.5. The molecule has 138 valence electrons. The van der Waals surface area contributed by atoms with Gasteiger partial charge in [0.2, 0.25) is 0 Å². The highest BCUT2D eigenvalue weighted by Gasteiger charge is 2.43. The van der Waals surface area contributed by atoms with Crippen LogP contribution >= 0.6 is 0 Å². The van der Waals surface area contributed by atoms with Crippen LogP contribution in [-0.2, 0) is 17.5 Å². The van der Waals surface area contributed by atoms with E-state index in [-0.39, 0.29) is 18.0 Å². The van der Waals surface area contributed by atoms with Gasteiger partial charge in [0.15, 0.2) is 0 Å². The van der Waals surface area contributed by atoms with Gasteiger partial charge in [0, 0.05) is 32.4 Å². The van der Waals surface area contributed by atoms with E-state index in [0.29, 0.717) is 19.7 Å². The monoisotopic (exact) mass is 363 g/mol. The van der Waals surface area contributed by atoms with Gasteiger partial charge in [0.1, 0.15) is 5.82 Å². The van der Waals surface area contributed by atoms with Crippen LogP contribution in [0, 0.1) is 0 Å². The number of anilines is 1. The van der Waals surface area contributed by atoms with Crippen molar-refractivity contribution in [1.29, 1.82) is 0 Å². The van der Waals surface area contributed by atoms with Crippen LogP contribution in [0.3, 0.4) is 0 Å². The fourth-order valence-corrected chi connectivity index (χ4v) is 3.82. The molecule has 4 nitrogen and oxygen atoms in total. The molecule has 0 amide bonds. The molecular formula is C19H20F3N3O. The average molecular weight is 363 g/mol. The molecule has 1 aromatic heterocycles. The van der Waals surface area contributed by atoms with Gasteiger partial charge in [0.05, 0.1) is 24.3 Å². The average Bonchev–Trinajstić information content (AvgIpc) is 3.07. The number of benzene rings is 1. The lowest BCUT2D eigenvalue weighted by Crippen LogP contribution is -2.50. The maximum absolute atomic E-state index is 13.3. The molecule has 1 aromatic carbocycles. The zero-order chi connectivity index (χ0) is 18.1. The van der Waals surface area contributed by atoms with E-state index in [9.17, 15) is 13.2 Å². The van der Waals surface area contributed by atoms with Crippen molar-refractivity contribution in [2.24, 2.45) is 0 Å². The predicted octanol–water partition coefficient (Wildman–Crippen LogP) is 3.19. The second-order valence-corrected chi connectivity index (χ2v) is 6.71. The lowest BCUT2D eigenvalue weighted by molar-refractivity contribution is -0.137. The lowest BCUT2D eigenvalue weighted by Gasteiger charge is -2.36. The van der Waals surface area contributed by atoms with Gasteiger partial charge in [-0.05, 0) is 17.7 Å². The van der Waals surface area contributed by atoms with Crippen molar-refractivity contribution >= 4 is 5.82 Å². The quantitative estimate of drug-likeness (QED) is 0.838. The van der Waals surface area contributed by atoms with E-state index >= 15 is 0 Å². The van der Waals surface area contributed by atoms with Gasteiger partial charge in [0.25, 0.3) is 0 Å². The van der Waals surface area contributed by atoms with Crippen LogP contribution in [0.4, 0.5) is 19.0 Å². The summed E-state index contributed by atoms with van der Waals surface area (Å²) >= 11 is 0. The van der Waals surface area contributed by atoms with E-state index in [1.807, 2.05) is 18.2 Å². The lowest BCUT2D eigenvalue weighted by atomic mass is 10.1. The number of rotatable bonds is 3. The number of aromatic nitrogens is 1. The molecule has 3 heterocycles. The molecule has 0 spiro atoms.